The maximum Gasteiger partial charge on any atom is 0.451 e. The molecule has 0 bridgehead atoms. The van der Waals surface area contributed by atoms with Crippen LogP contribution in [0.4, 0.5) is 24.7 Å². The number of alkyl halides is 3. The molecular weight excluding hydrogens is 363 g/mol. The number of carbonyl (C=O) groups is 2. The Labute approximate surface area is 153 Å². The number of hydrogen-bond donors (Lipinski definition) is 1. The highest BCUT2D eigenvalue weighted by Gasteiger charge is 2.37. The van der Waals surface area contributed by atoms with Crippen LogP contribution in [0.5, 0.6) is 0 Å². The van der Waals surface area contributed by atoms with E-state index in [0.29, 0.717) is 6.20 Å². The summed E-state index contributed by atoms with van der Waals surface area (Å²) in [6, 6.07) is 7.80. The fourth-order valence-corrected chi connectivity index (χ4v) is 2.32. The molecule has 1 aromatic carbocycles. The Kier molecular flexibility index (Phi) is 5.53. The van der Waals surface area contributed by atoms with Gasteiger partial charge in [-0.2, -0.15) is 13.2 Å². The van der Waals surface area contributed by atoms with Crippen molar-refractivity contribution in [2.24, 2.45) is 5.41 Å². The molecule has 6 nitrogen and oxygen atoms in total. The number of aromatic carboxylic acids is 1. The zero-order valence-corrected chi connectivity index (χ0v) is 14.9. The van der Waals surface area contributed by atoms with Gasteiger partial charge in [-0.05, 0) is 17.5 Å². The van der Waals surface area contributed by atoms with Crippen LogP contribution in [-0.4, -0.2) is 27.0 Å². The van der Waals surface area contributed by atoms with E-state index in [2.05, 4.69) is 9.97 Å². The molecule has 0 radical (unpaired) electrons. The summed E-state index contributed by atoms with van der Waals surface area (Å²) in [5.41, 5.74) is -0.872. The van der Waals surface area contributed by atoms with E-state index >= 15 is 0 Å². The van der Waals surface area contributed by atoms with Gasteiger partial charge in [0.1, 0.15) is 5.56 Å². The number of carbonyl (C=O) groups excluding carboxylic acids is 1. The lowest BCUT2D eigenvalue weighted by atomic mass is 9.91. The molecular formula is C18H18F3N3O3. The maximum atomic E-state index is 13.1. The quantitative estimate of drug-likeness (QED) is 0.854. The highest BCUT2D eigenvalue weighted by atomic mass is 19.4. The summed E-state index contributed by atoms with van der Waals surface area (Å²) in [4.78, 5) is 31.8. The number of nitrogens with zero attached hydrogens (tertiary/aromatic N) is 3. The fourth-order valence-electron chi connectivity index (χ4n) is 2.32. The molecule has 0 fully saturated rings. The molecule has 0 atom stereocenters. The third kappa shape index (κ3) is 5.02. The van der Waals surface area contributed by atoms with Gasteiger partial charge in [0.25, 0.3) is 0 Å². The summed E-state index contributed by atoms with van der Waals surface area (Å²) < 4.78 is 39.2. The van der Waals surface area contributed by atoms with Gasteiger partial charge in [0.2, 0.25) is 11.7 Å². The first-order chi connectivity index (χ1) is 12.4. The van der Waals surface area contributed by atoms with E-state index in [-0.39, 0.29) is 12.1 Å². The molecule has 0 aliphatic heterocycles. The lowest BCUT2D eigenvalue weighted by molar-refractivity contribution is -0.145. The number of para-hydroxylation sites is 1. The van der Waals surface area contributed by atoms with Gasteiger partial charge in [-0.1, -0.05) is 39.0 Å². The van der Waals surface area contributed by atoms with Gasteiger partial charge in [-0.25, -0.2) is 14.8 Å². The average molecular weight is 381 g/mol. The molecule has 0 saturated carbocycles. The predicted octanol–water partition coefficient (Wildman–Crippen LogP) is 4.29. The van der Waals surface area contributed by atoms with Crippen LogP contribution >= 0.6 is 0 Å². The van der Waals surface area contributed by atoms with Crippen LogP contribution in [-0.2, 0) is 11.0 Å². The largest absolute Gasteiger partial charge is 0.477 e. The molecule has 1 aromatic heterocycles. The average Bonchev–Trinajstić information content (AvgIpc) is 2.53. The van der Waals surface area contributed by atoms with E-state index in [1.807, 2.05) is 0 Å². The summed E-state index contributed by atoms with van der Waals surface area (Å²) in [5.74, 6) is -4.26. The molecule has 0 aliphatic rings. The summed E-state index contributed by atoms with van der Waals surface area (Å²) in [7, 11) is 0. The molecule has 1 heterocycles. The molecule has 0 spiro atoms. The van der Waals surface area contributed by atoms with E-state index < -0.39 is 40.7 Å². The summed E-state index contributed by atoms with van der Waals surface area (Å²) in [5, 5.41) is 9.37. The van der Waals surface area contributed by atoms with E-state index in [1.54, 1.807) is 39.0 Å². The second-order valence-corrected chi connectivity index (χ2v) is 7.04. The molecule has 144 valence electrons. The number of hydrogen-bond acceptors (Lipinski definition) is 4. The van der Waals surface area contributed by atoms with Gasteiger partial charge in [0.05, 0.1) is 5.69 Å². The Hall–Kier alpha value is -2.97. The van der Waals surface area contributed by atoms with Gasteiger partial charge in [0, 0.05) is 12.6 Å². The van der Waals surface area contributed by atoms with E-state index in [4.69, 9.17) is 0 Å². The molecule has 0 aliphatic carbocycles. The third-order valence-electron chi connectivity index (χ3n) is 3.41. The molecule has 1 N–H and O–H groups in total. The van der Waals surface area contributed by atoms with Crippen molar-refractivity contribution in [2.45, 2.75) is 33.4 Å². The minimum absolute atomic E-state index is 0.0354. The molecule has 1 amide bonds. The standard InChI is InChI=1S/C18H18F3N3O3/c1-17(2,3)9-13(25)24(11-7-5-4-6-8-11)14-12(15(26)27)10-22-16(23-14)18(19,20)21/h4-8,10H,9H2,1-3H3,(H,26,27). The lowest BCUT2D eigenvalue weighted by Gasteiger charge is -2.27. The number of carboxylic acid groups (broad SMARTS) is 1. The molecule has 2 rings (SSSR count). The number of anilines is 2. The minimum atomic E-state index is -4.89. The van der Waals surface area contributed by atoms with E-state index in [0.717, 1.165) is 4.90 Å². The van der Waals surface area contributed by atoms with Crippen molar-refractivity contribution in [3.8, 4) is 0 Å². The Balaban J connectivity index is 2.71. The number of aromatic nitrogens is 2. The normalized spacial score (nSPS) is 11.9. The summed E-state index contributed by atoms with van der Waals surface area (Å²) >= 11 is 0. The van der Waals surface area contributed by atoms with Gasteiger partial charge >= 0.3 is 12.1 Å². The summed E-state index contributed by atoms with van der Waals surface area (Å²) in [6.07, 6.45) is -4.36. The van der Waals surface area contributed by atoms with Gasteiger partial charge in [-0.15, -0.1) is 0 Å². The number of halogens is 3. The van der Waals surface area contributed by atoms with Crippen molar-refractivity contribution in [1.82, 2.24) is 9.97 Å². The molecule has 2 aromatic rings. The second-order valence-electron chi connectivity index (χ2n) is 7.04. The zero-order chi connectivity index (χ0) is 20.4. The minimum Gasteiger partial charge on any atom is -0.477 e. The van der Waals surface area contributed by atoms with Crippen LogP contribution in [0.25, 0.3) is 0 Å². The first-order valence-electron chi connectivity index (χ1n) is 7.96. The maximum absolute atomic E-state index is 13.1. The molecule has 0 saturated heterocycles. The highest BCUT2D eigenvalue weighted by Crippen LogP contribution is 2.33. The van der Waals surface area contributed by atoms with Crippen LogP contribution in [0.3, 0.4) is 0 Å². The van der Waals surface area contributed by atoms with E-state index in [1.165, 1.54) is 12.1 Å². The first kappa shape index (κ1) is 20.3. The van der Waals surface area contributed by atoms with Gasteiger partial charge in [0.15, 0.2) is 5.82 Å². The Bertz CT molecular complexity index is 846. The van der Waals surface area contributed by atoms with E-state index in [9.17, 15) is 27.9 Å². The van der Waals surface area contributed by atoms with Crippen molar-refractivity contribution < 1.29 is 27.9 Å². The van der Waals surface area contributed by atoms with Crippen molar-refractivity contribution in [2.75, 3.05) is 4.90 Å². The fraction of sp³-hybridized carbons (Fsp3) is 0.333. The number of carboxylic acids is 1. The van der Waals surface area contributed by atoms with Gasteiger partial charge < -0.3 is 5.11 Å². The van der Waals surface area contributed by atoms with Crippen LogP contribution < -0.4 is 4.90 Å². The van der Waals surface area contributed by atoms with Crippen molar-refractivity contribution >= 4 is 23.4 Å². The van der Waals surface area contributed by atoms with Crippen LogP contribution in [0.1, 0.15) is 43.4 Å². The second kappa shape index (κ2) is 7.34. The van der Waals surface area contributed by atoms with Crippen molar-refractivity contribution in [3.63, 3.8) is 0 Å². The monoisotopic (exact) mass is 381 g/mol. The summed E-state index contributed by atoms with van der Waals surface area (Å²) in [6.45, 7) is 5.36. The molecule has 9 heteroatoms. The SMILES string of the molecule is CC(C)(C)CC(=O)N(c1ccccc1)c1nc(C(F)(F)F)ncc1C(=O)O. The Morgan fingerprint density at radius 2 is 1.70 bits per heavy atom. The number of amides is 1. The van der Waals surface area contributed by atoms with Crippen LogP contribution in [0.15, 0.2) is 36.5 Å². The van der Waals surface area contributed by atoms with Crippen LogP contribution in [0.2, 0.25) is 0 Å². The van der Waals surface area contributed by atoms with Crippen LogP contribution in [0, 0.1) is 5.41 Å². The predicted molar refractivity (Wildman–Crippen MR) is 91.7 cm³/mol. The van der Waals surface area contributed by atoms with Gasteiger partial charge in [-0.3, -0.25) is 9.69 Å². The van der Waals surface area contributed by atoms with Crippen molar-refractivity contribution in [3.05, 3.63) is 47.9 Å². The smallest absolute Gasteiger partial charge is 0.451 e. The highest BCUT2D eigenvalue weighted by molar-refractivity contribution is 6.05. The third-order valence-corrected chi connectivity index (χ3v) is 3.41. The first-order valence-corrected chi connectivity index (χ1v) is 7.96. The zero-order valence-electron chi connectivity index (χ0n) is 14.9. The number of benzene rings is 1. The Morgan fingerprint density at radius 3 is 2.19 bits per heavy atom. The number of rotatable bonds is 4. The van der Waals surface area contributed by atoms with Crippen molar-refractivity contribution in [1.29, 1.82) is 0 Å². The Morgan fingerprint density at radius 1 is 1.11 bits per heavy atom. The molecule has 27 heavy (non-hydrogen) atoms. The topological polar surface area (TPSA) is 83.4 Å². The molecule has 0 unspecified atom stereocenters. The lowest BCUT2D eigenvalue weighted by Crippen LogP contribution is -2.32.